The van der Waals surface area contributed by atoms with Gasteiger partial charge in [0.05, 0.1) is 6.61 Å². The summed E-state index contributed by atoms with van der Waals surface area (Å²) >= 11 is 0. The van der Waals surface area contributed by atoms with Gasteiger partial charge in [0, 0.05) is 6.07 Å². The average molecular weight is 167 g/mol. The predicted molar refractivity (Wildman–Crippen MR) is 46.9 cm³/mol. The van der Waals surface area contributed by atoms with Crippen LogP contribution in [0.1, 0.15) is 12.0 Å². The van der Waals surface area contributed by atoms with Crippen LogP contribution in [0, 0.1) is 0 Å². The van der Waals surface area contributed by atoms with E-state index in [1.807, 2.05) is 6.07 Å². The number of fused-ring (bicyclic) bond motifs is 1. The first-order chi connectivity index (χ1) is 5.36. The van der Waals surface area contributed by atoms with Crippen LogP contribution >= 0.6 is 0 Å². The summed E-state index contributed by atoms with van der Waals surface area (Å²) in [5.74, 6) is 1.13. The number of ether oxygens (including phenoxy) is 1. The number of hydrogen-bond donors (Lipinski definition) is 2. The van der Waals surface area contributed by atoms with E-state index in [9.17, 15) is 0 Å². The van der Waals surface area contributed by atoms with E-state index in [4.69, 9.17) is 9.84 Å². The molecule has 4 N–H and O–H groups in total. The Morgan fingerprint density at radius 3 is 3.00 bits per heavy atom. The highest BCUT2D eigenvalue weighted by Crippen LogP contribution is 2.27. The van der Waals surface area contributed by atoms with Gasteiger partial charge in [0.2, 0.25) is 0 Å². The van der Waals surface area contributed by atoms with Gasteiger partial charge in [-0.15, -0.1) is 0 Å². The minimum Gasteiger partial charge on any atom is -0.508 e. The minimum atomic E-state index is 0. The summed E-state index contributed by atoms with van der Waals surface area (Å²) in [6.45, 7) is 0.774. The lowest BCUT2D eigenvalue weighted by Crippen LogP contribution is -2.07. The molecule has 2 rings (SSSR count). The fourth-order valence-corrected chi connectivity index (χ4v) is 1.33. The van der Waals surface area contributed by atoms with Crippen molar-refractivity contribution < 1.29 is 9.84 Å². The zero-order valence-corrected chi connectivity index (χ0v) is 6.92. The van der Waals surface area contributed by atoms with Gasteiger partial charge in [-0.1, -0.05) is 6.07 Å². The summed E-state index contributed by atoms with van der Waals surface area (Å²) in [6.07, 6.45) is 2.15. The Bertz CT molecular complexity index is 273. The molecule has 1 aliphatic heterocycles. The van der Waals surface area contributed by atoms with E-state index in [0.29, 0.717) is 0 Å². The molecule has 0 unspecified atom stereocenters. The van der Waals surface area contributed by atoms with E-state index in [2.05, 4.69) is 0 Å². The summed E-state index contributed by atoms with van der Waals surface area (Å²) in [4.78, 5) is 0. The normalized spacial score (nSPS) is 14.0. The molecule has 3 nitrogen and oxygen atoms in total. The van der Waals surface area contributed by atoms with Crippen molar-refractivity contribution in [3.05, 3.63) is 23.8 Å². The Labute approximate surface area is 71.6 Å². The third kappa shape index (κ3) is 1.51. The van der Waals surface area contributed by atoms with Gasteiger partial charge in [-0.25, -0.2) is 0 Å². The van der Waals surface area contributed by atoms with Crippen LogP contribution in [0.3, 0.4) is 0 Å². The fraction of sp³-hybridized carbons (Fsp3) is 0.333. The summed E-state index contributed by atoms with van der Waals surface area (Å²) in [6, 6.07) is 5.30. The van der Waals surface area contributed by atoms with Crippen molar-refractivity contribution in [3.63, 3.8) is 0 Å². The Balaban J connectivity index is 0.000000720. The number of aromatic hydroxyl groups is 1. The van der Waals surface area contributed by atoms with Gasteiger partial charge < -0.3 is 16.0 Å². The van der Waals surface area contributed by atoms with Gasteiger partial charge in [0.25, 0.3) is 0 Å². The zero-order valence-electron chi connectivity index (χ0n) is 6.92. The molecule has 66 valence electrons. The SMILES string of the molecule is N.Oc1ccc2c(c1)OCCC2. The van der Waals surface area contributed by atoms with Crippen molar-refractivity contribution in [2.75, 3.05) is 6.61 Å². The quantitative estimate of drug-likeness (QED) is 0.620. The van der Waals surface area contributed by atoms with Crippen molar-refractivity contribution in [1.82, 2.24) is 6.15 Å². The monoisotopic (exact) mass is 167 g/mol. The molecule has 1 heterocycles. The number of benzene rings is 1. The van der Waals surface area contributed by atoms with Crippen molar-refractivity contribution >= 4 is 0 Å². The first kappa shape index (κ1) is 8.87. The predicted octanol–water partition coefficient (Wildman–Crippen LogP) is 1.88. The molecule has 0 saturated heterocycles. The smallest absolute Gasteiger partial charge is 0.126 e. The highest BCUT2D eigenvalue weighted by Gasteiger charge is 2.09. The van der Waals surface area contributed by atoms with E-state index in [1.54, 1.807) is 12.1 Å². The lowest BCUT2D eigenvalue weighted by atomic mass is 10.1. The Morgan fingerprint density at radius 2 is 2.17 bits per heavy atom. The van der Waals surface area contributed by atoms with E-state index in [0.717, 1.165) is 25.2 Å². The molecule has 0 aliphatic carbocycles. The third-order valence-corrected chi connectivity index (χ3v) is 1.90. The molecule has 0 fully saturated rings. The van der Waals surface area contributed by atoms with Crippen LogP contribution < -0.4 is 10.9 Å². The van der Waals surface area contributed by atoms with Crippen LogP contribution in [-0.2, 0) is 6.42 Å². The molecule has 0 radical (unpaired) electrons. The van der Waals surface area contributed by atoms with E-state index < -0.39 is 0 Å². The maximum atomic E-state index is 9.11. The second-order valence-corrected chi connectivity index (χ2v) is 2.74. The van der Waals surface area contributed by atoms with Crippen molar-refractivity contribution in [1.29, 1.82) is 0 Å². The number of hydrogen-bond acceptors (Lipinski definition) is 3. The molecule has 0 atom stereocenters. The van der Waals surface area contributed by atoms with Crippen LogP contribution in [0.15, 0.2) is 18.2 Å². The van der Waals surface area contributed by atoms with E-state index in [1.165, 1.54) is 5.56 Å². The van der Waals surface area contributed by atoms with Gasteiger partial charge in [-0.3, -0.25) is 0 Å². The van der Waals surface area contributed by atoms with Crippen molar-refractivity contribution in [2.45, 2.75) is 12.8 Å². The Kier molecular flexibility index (Phi) is 2.55. The number of phenols is 1. The first-order valence-electron chi connectivity index (χ1n) is 3.81. The van der Waals surface area contributed by atoms with Gasteiger partial charge in [-0.2, -0.15) is 0 Å². The molecule has 1 aliphatic rings. The molecule has 0 spiro atoms. The second kappa shape index (κ2) is 3.45. The molecular weight excluding hydrogens is 154 g/mol. The topological polar surface area (TPSA) is 64.5 Å². The maximum Gasteiger partial charge on any atom is 0.126 e. The molecule has 12 heavy (non-hydrogen) atoms. The maximum absolute atomic E-state index is 9.11. The van der Waals surface area contributed by atoms with E-state index in [-0.39, 0.29) is 11.9 Å². The summed E-state index contributed by atoms with van der Waals surface area (Å²) in [7, 11) is 0. The van der Waals surface area contributed by atoms with Crippen LogP contribution in [-0.4, -0.2) is 11.7 Å². The van der Waals surface area contributed by atoms with Gasteiger partial charge in [-0.05, 0) is 24.5 Å². The Morgan fingerprint density at radius 1 is 1.33 bits per heavy atom. The van der Waals surface area contributed by atoms with Crippen LogP contribution in [0.4, 0.5) is 0 Å². The molecule has 0 aromatic heterocycles. The molecule has 0 amide bonds. The van der Waals surface area contributed by atoms with E-state index >= 15 is 0 Å². The Hall–Kier alpha value is -1.22. The largest absolute Gasteiger partial charge is 0.508 e. The number of phenolic OH excluding ortho intramolecular Hbond substituents is 1. The number of aryl methyl sites for hydroxylation is 1. The number of rotatable bonds is 0. The lowest BCUT2D eigenvalue weighted by molar-refractivity contribution is 0.286. The van der Waals surface area contributed by atoms with Crippen molar-refractivity contribution in [3.8, 4) is 11.5 Å². The lowest BCUT2D eigenvalue weighted by Gasteiger charge is -2.16. The highest BCUT2D eigenvalue weighted by molar-refractivity contribution is 5.40. The van der Waals surface area contributed by atoms with Gasteiger partial charge >= 0.3 is 0 Å². The average Bonchev–Trinajstić information content (AvgIpc) is 2.04. The molecule has 1 aromatic carbocycles. The summed E-state index contributed by atoms with van der Waals surface area (Å²) in [5.41, 5.74) is 1.20. The van der Waals surface area contributed by atoms with Gasteiger partial charge in [0.1, 0.15) is 11.5 Å². The summed E-state index contributed by atoms with van der Waals surface area (Å²) < 4.78 is 5.34. The second-order valence-electron chi connectivity index (χ2n) is 2.74. The van der Waals surface area contributed by atoms with Crippen molar-refractivity contribution in [2.24, 2.45) is 0 Å². The molecule has 0 bridgehead atoms. The molecule has 0 saturated carbocycles. The third-order valence-electron chi connectivity index (χ3n) is 1.90. The zero-order chi connectivity index (χ0) is 7.68. The molecule has 1 aromatic rings. The van der Waals surface area contributed by atoms with Crippen LogP contribution in [0.2, 0.25) is 0 Å². The molecular formula is C9H13NO2. The van der Waals surface area contributed by atoms with Crippen LogP contribution in [0.25, 0.3) is 0 Å². The van der Waals surface area contributed by atoms with Gasteiger partial charge in [0.15, 0.2) is 0 Å². The standard InChI is InChI=1S/C9H10O2.H3N/c10-8-4-3-7-2-1-5-11-9(7)6-8;/h3-4,6,10H,1-2,5H2;1H3. The first-order valence-corrected chi connectivity index (χ1v) is 3.81. The fourth-order valence-electron chi connectivity index (χ4n) is 1.33. The minimum absolute atomic E-state index is 0. The summed E-state index contributed by atoms with van der Waals surface area (Å²) in [5, 5.41) is 9.11. The molecule has 3 heteroatoms. The van der Waals surface area contributed by atoms with Crippen LogP contribution in [0.5, 0.6) is 11.5 Å². The highest BCUT2D eigenvalue weighted by atomic mass is 16.5.